The summed E-state index contributed by atoms with van der Waals surface area (Å²) in [6.45, 7) is -0.0219. The van der Waals surface area contributed by atoms with Gasteiger partial charge in [0.05, 0.1) is 0 Å². The van der Waals surface area contributed by atoms with Gasteiger partial charge in [0.2, 0.25) is 0 Å². The molecule has 0 atom stereocenters. The fourth-order valence-corrected chi connectivity index (χ4v) is 0.407. The zero-order valence-electron chi connectivity index (χ0n) is 5.35. The van der Waals surface area contributed by atoms with Gasteiger partial charge in [-0.3, -0.25) is 0 Å². The second-order valence-electron chi connectivity index (χ2n) is 1.91. The molecule has 66 valence electrons. The van der Waals surface area contributed by atoms with Gasteiger partial charge in [-0.2, -0.15) is 13.2 Å². The van der Waals surface area contributed by atoms with E-state index in [0.717, 1.165) is 0 Å². The van der Waals surface area contributed by atoms with E-state index < -0.39 is 24.0 Å². The Balaban J connectivity index is 4.74. The first-order valence-electron chi connectivity index (χ1n) is 2.45. The molecule has 0 amide bonds. The predicted octanol–water partition coefficient (Wildman–Crippen LogP) is 3.06. The van der Waals surface area contributed by atoms with Gasteiger partial charge in [-0.25, -0.2) is 13.2 Å². The molecule has 0 radical (unpaired) electrons. The highest BCUT2D eigenvalue weighted by Gasteiger charge is 2.47. The van der Waals surface area contributed by atoms with E-state index in [-0.39, 0.29) is 6.92 Å². The second kappa shape index (κ2) is 2.75. The van der Waals surface area contributed by atoms with E-state index in [1.807, 2.05) is 0 Å². The van der Waals surface area contributed by atoms with Crippen LogP contribution in [0.1, 0.15) is 6.92 Å². The smallest absolute Gasteiger partial charge is 0.215 e. The Morgan fingerprint density at radius 1 is 1.09 bits per heavy atom. The van der Waals surface area contributed by atoms with Gasteiger partial charge >= 0.3 is 6.18 Å². The molecule has 0 saturated carbocycles. The summed E-state index contributed by atoms with van der Waals surface area (Å²) in [5.41, 5.74) is -2.47. The third-order valence-electron chi connectivity index (χ3n) is 0.887. The van der Waals surface area contributed by atoms with Crippen LogP contribution in [0, 0.1) is 0 Å². The first kappa shape index (κ1) is 10.3. The zero-order chi connectivity index (χ0) is 9.28. The lowest BCUT2D eigenvalue weighted by Crippen LogP contribution is -2.26. The van der Waals surface area contributed by atoms with Gasteiger partial charge in [0.1, 0.15) is 11.9 Å². The maximum Gasteiger partial charge on any atom is 0.420 e. The minimum absolute atomic E-state index is 0.0219. The van der Waals surface area contributed by atoms with Gasteiger partial charge in [-0.1, -0.05) is 0 Å². The predicted molar refractivity (Wildman–Crippen MR) is 25.9 cm³/mol. The molecular formula is C5H4F6. The molecule has 0 rings (SSSR count). The van der Waals surface area contributed by atoms with E-state index in [1.54, 1.807) is 0 Å². The van der Waals surface area contributed by atoms with E-state index in [1.165, 1.54) is 0 Å². The van der Waals surface area contributed by atoms with E-state index in [0.29, 0.717) is 0 Å². The number of alkyl halides is 5. The van der Waals surface area contributed by atoms with Crippen molar-refractivity contribution in [1.82, 2.24) is 0 Å². The SMILES string of the molecule is CC(F)(F)/C(=C\F)C(F)(F)F. The second-order valence-corrected chi connectivity index (χ2v) is 1.91. The summed E-state index contributed by atoms with van der Waals surface area (Å²) >= 11 is 0. The molecule has 0 nitrogen and oxygen atoms in total. The minimum Gasteiger partial charge on any atom is -0.215 e. The molecule has 0 aromatic rings. The molecule has 0 aliphatic carbocycles. The summed E-state index contributed by atoms with van der Waals surface area (Å²) in [6, 6.07) is 0. The molecule has 0 aliphatic rings. The third kappa shape index (κ3) is 2.81. The van der Waals surface area contributed by atoms with Crippen LogP contribution in [-0.4, -0.2) is 12.1 Å². The summed E-state index contributed by atoms with van der Waals surface area (Å²) < 4.78 is 69.3. The fraction of sp³-hybridized carbons (Fsp3) is 0.600. The third-order valence-corrected chi connectivity index (χ3v) is 0.887. The van der Waals surface area contributed by atoms with Crippen LogP contribution in [0.2, 0.25) is 0 Å². The van der Waals surface area contributed by atoms with Crippen LogP contribution in [0.5, 0.6) is 0 Å². The van der Waals surface area contributed by atoms with Crippen LogP contribution < -0.4 is 0 Å². The van der Waals surface area contributed by atoms with Crippen LogP contribution in [-0.2, 0) is 0 Å². The van der Waals surface area contributed by atoms with Crippen molar-refractivity contribution >= 4 is 0 Å². The Hall–Kier alpha value is -0.680. The minimum atomic E-state index is -5.31. The Labute approximate surface area is 58.5 Å². The monoisotopic (exact) mass is 178 g/mol. The Kier molecular flexibility index (Phi) is 2.58. The van der Waals surface area contributed by atoms with Crippen LogP contribution in [0.25, 0.3) is 0 Å². The van der Waals surface area contributed by atoms with Crippen molar-refractivity contribution in [1.29, 1.82) is 0 Å². The summed E-state index contributed by atoms with van der Waals surface area (Å²) in [7, 11) is 0. The molecule has 0 saturated heterocycles. The molecular weight excluding hydrogens is 174 g/mol. The molecule has 0 unspecified atom stereocenters. The zero-order valence-corrected chi connectivity index (χ0v) is 5.35. The quantitative estimate of drug-likeness (QED) is 0.541. The van der Waals surface area contributed by atoms with E-state index >= 15 is 0 Å². The molecule has 0 bridgehead atoms. The largest absolute Gasteiger partial charge is 0.420 e. The number of allylic oxidation sites excluding steroid dienone is 1. The summed E-state index contributed by atoms with van der Waals surface area (Å²) in [5.74, 6) is -4.19. The molecule has 11 heavy (non-hydrogen) atoms. The maximum atomic E-state index is 11.9. The molecule has 0 aliphatic heterocycles. The molecule has 0 aromatic carbocycles. The van der Waals surface area contributed by atoms with Crippen molar-refractivity contribution in [2.45, 2.75) is 19.0 Å². The highest BCUT2D eigenvalue weighted by Crippen LogP contribution is 2.37. The number of halogens is 6. The highest BCUT2D eigenvalue weighted by atomic mass is 19.4. The van der Waals surface area contributed by atoms with Gasteiger partial charge in [0.25, 0.3) is 5.92 Å². The Morgan fingerprint density at radius 2 is 1.45 bits per heavy atom. The van der Waals surface area contributed by atoms with Crippen molar-refractivity contribution < 1.29 is 26.3 Å². The normalized spacial score (nSPS) is 15.4. The molecule has 0 heterocycles. The number of hydrogen-bond acceptors (Lipinski definition) is 0. The first-order chi connectivity index (χ1) is 4.69. The summed E-state index contributed by atoms with van der Waals surface area (Å²) in [5, 5.41) is 0. The number of hydrogen-bond donors (Lipinski definition) is 0. The molecule has 0 aromatic heterocycles. The van der Waals surface area contributed by atoms with Gasteiger partial charge in [-0.15, -0.1) is 0 Å². The van der Waals surface area contributed by atoms with Crippen molar-refractivity contribution in [3.63, 3.8) is 0 Å². The van der Waals surface area contributed by atoms with Crippen LogP contribution in [0.15, 0.2) is 11.9 Å². The fourth-order valence-electron chi connectivity index (χ4n) is 0.407. The van der Waals surface area contributed by atoms with Crippen LogP contribution in [0.3, 0.4) is 0 Å². The standard InChI is InChI=1S/C5H4F6/c1-4(7,8)3(2-6)5(9,10)11/h2H,1H3/b3-2+. The topological polar surface area (TPSA) is 0 Å². The van der Waals surface area contributed by atoms with Gasteiger partial charge in [0, 0.05) is 6.92 Å². The van der Waals surface area contributed by atoms with Crippen molar-refractivity contribution in [2.75, 3.05) is 0 Å². The lowest BCUT2D eigenvalue weighted by molar-refractivity contribution is -0.126. The maximum absolute atomic E-state index is 11.9. The molecule has 0 N–H and O–H groups in total. The first-order valence-corrected chi connectivity index (χ1v) is 2.45. The average Bonchev–Trinajstić information content (AvgIpc) is 1.56. The summed E-state index contributed by atoms with van der Waals surface area (Å²) in [4.78, 5) is 0. The molecule has 6 heteroatoms. The lowest BCUT2D eigenvalue weighted by Gasteiger charge is -2.15. The molecule has 0 fully saturated rings. The average molecular weight is 178 g/mol. The van der Waals surface area contributed by atoms with Crippen LogP contribution >= 0.6 is 0 Å². The number of rotatable bonds is 1. The van der Waals surface area contributed by atoms with E-state index in [4.69, 9.17) is 0 Å². The van der Waals surface area contributed by atoms with E-state index in [2.05, 4.69) is 0 Å². The van der Waals surface area contributed by atoms with E-state index in [9.17, 15) is 26.3 Å². The Morgan fingerprint density at radius 3 is 1.45 bits per heavy atom. The van der Waals surface area contributed by atoms with Gasteiger partial charge in [-0.05, 0) is 0 Å². The summed E-state index contributed by atoms with van der Waals surface area (Å²) in [6.07, 6.45) is -6.44. The lowest BCUT2D eigenvalue weighted by atomic mass is 10.2. The van der Waals surface area contributed by atoms with Gasteiger partial charge < -0.3 is 0 Å². The molecule has 0 spiro atoms. The van der Waals surface area contributed by atoms with Crippen molar-refractivity contribution in [3.8, 4) is 0 Å². The van der Waals surface area contributed by atoms with Crippen LogP contribution in [0.4, 0.5) is 26.3 Å². The van der Waals surface area contributed by atoms with Crippen molar-refractivity contribution in [2.24, 2.45) is 0 Å². The Bertz CT molecular complexity index is 143. The highest BCUT2D eigenvalue weighted by molar-refractivity contribution is 5.14. The van der Waals surface area contributed by atoms with Gasteiger partial charge in [0.15, 0.2) is 0 Å². The van der Waals surface area contributed by atoms with Crippen molar-refractivity contribution in [3.05, 3.63) is 11.9 Å².